The Balaban J connectivity index is 4.19. The Hall–Kier alpha value is -1.05. The second kappa shape index (κ2) is 4.10. The first-order chi connectivity index (χ1) is 5.38. The predicted octanol–water partition coefficient (Wildman–Crippen LogP) is 3.01. The van der Waals surface area contributed by atoms with E-state index in [1.54, 1.807) is 12.2 Å². The summed E-state index contributed by atoms with van der Waals surface area (Å²) in [4.78, 5) is 0. The van der Waals surface area contributed by atoms with E-state index in [-0.39, 0.29) is 0 Å². The van der Waals surface area contributed by atoms with E-state index in [0.29, 0.717) is 11.3 Å². The van der Waals surface area contributed by atoms with Crippen molar-refractivity contribution in [2.24, 2.45) is 0 Å². The number of hydrogen-bond donors (Lipinski definition) is 0. The summed E-state index contributed by atoms with van der Waals surface area (Å²) in [5.41, 5.74) is -0.981. The lowest BCUT2D eigenvalue weighted by Gasteiger charge is -2.13. The minimum atomic E-state index is -1.38. The molecule has 0 N–H and O–H groups in total. The van der Waals surface area contributed by atoms with Crippen LogP contribution in [0.1, 0.15) is 13.8 Å². The summed E-state index contributed by atoms with van der Waals surface area (Å²) in [5.74, 6) is 0.486. The molecule has 0 aromatic heterocycles. The molecule has 0 atom stereocenters. The van der Waals surface area contributed by atoms with E-state index in [1.807, 2.05) is 0 Å². The lowest BCUT2D eigenvalue weighted by molar-refractivity contribution is 0.274. The Bertz CT molecular complexity index is 208. The average molecular weight is 170 g/mol. The molecule has 68 valence electrons. The average Bonchev–Trinajstić information content (AvgIpc) is 1.97. The summed E-state index contributed by atoms with van der Waals surface area (Å²) in [5, 5.41) is 0. The van der Waals surface area contributed by atoms with Gasteiger partial charge in [-0.05, 0) is 25.5 Å². The lowest BCUT2D eigenvalue weighted by atomic mass is 10.0. The molecule has 0 aromatic rings. The first-order valence-corrected chi connectivity index (χ1v) is 3.67. The summed E-state index contributed by atoms with van der Waals surface area (Å²) < 4.78 is 17.9. The van der Waals surface area contributed by atoms with Crippen LogP contribution in [-0.2, 0) is 4.74 Å². The molecule has 0 rings (SSSR count). The number of halogens is 1. The van der Waals surface area contributed by atoms with Crippen molar-refractivity contribution in [1.29, 1.82) is 0 Å². The van der Waals surface area contributed by atoms with E-state index in [0.717, 1.165) is 0 Å². The fourth-order valence-electron chi connectivity index (χ4n) is 0.460. The van der Waals surface area contributed by atoms with E-state index in [4.69, 9.17) is 4.74 Å². The third kappa shape index (κ3) is 3.96. The van der Waals surface area contributed by atoms with Crippen molar-refractivity contribution in [3.8, 4) is 0 Å². The van der Waals surface area contributed by atoms with Crippen molar-refractivity contribution in [1.82, 2.24) is 0 Å². The van der Waals surface area contributed by atoms with Gasteiger partial charge in [0.25, 0.3) is 0 Å². The van der Waals surface area contributed by atoms with Gasteiger partial charge < -0.3 is 4.74 Å². The minimum absolute atomic E-state index is 0.403. The number of hydrogen-bond acceptors (Lipinski definition) is 1. The van der Waals surface area contributed by atoms with Gasteiger partial charge in [0.05, 0.1) is 7.11 Å². The van der Waals surface area contributed by atoms with Gasteiger partial charge in [0, 0.05) is 0 Å². The highest BCUT2D eigenvalue weighted by molar-refractivity contribution is 5.27. The predicted molar refractivity (Wildman–Crippen MR) is 49.6 cm³/mol. The van der Waals surface area contributed by atoms with Gasteiger partial charge in [0.2, 0.25) is 0 Å². The third-order valence-corrected chi connectivity index (χ3v) is 1.50. The van der Waals surface area contributed by atoms with Gasteiger partial charge in [-0.2, -0.15) is 0 Å². The van der Waals surface area contributed by atoms with Crippen LogP contribution in [0.5, 0.6) is 0 Å². The van der Waals surface area contributed by atoms with Crippen LogP contribution in [0, 0.1) is 0 Å². The second-order valence-corrected chi connectivity index (χ2v) is 3.00. The molecule has 0 bridgehead atoms. The molecule has 2 heteroatoms. The quantitative estimate of drug-likeness (QED) is 0.465. The molecule has 0 spiro atoms. The molecule has 0 aliphatic carbocycles. The maximum atomic E-state index is 13.1. The van der Waals surface area contributed by atoms with Crippen LogP contribution in [0.15, 0.2) is 36.6 Å². The molecule has 0 aromatic carbocycles. The highest BCUT2D eigenvalue weighted by atomic mass is 19.1. The zero-order valence-electron chi connectivity index (χ0n) is 7.86. The van der Waals surface area contributed by atoms with Crippen molar-refractivity contribution < 1.29 is 9.13 Å². The summed E-state index contributed by atoms with van der Waals surface area (Å²) in [7, 11) is 1.51. The largest absolute Gasteiger partial charge is 0.497 e. The zero-order chi connectivity index (χ0) is 9.78. The van der Waals surface area contributed by atoms with Crippen molar-refractivity contribution in [2.45, 2.75) is 19.5 Å². The molecule has 0 amide bonds. The highest BCUT2D eigenvalue weighted by Gasteiger charge is 2.17. The maximum absolute atomic E-state index is 13.1. The van der Waals surface area contributed by atoms with Crippen LogP contribution < -0.4 is 0 Å². The molecule has 0 aliphatic heterocycles. The molecule has 0 unspecified atom stereocenters. The van der Waals surface area contributed by atoms with E-state index in [1.165, 1.54) is 21.0 Å². The van der Waals surface area contributed by atoms with Gasteiger partial charge >= 0.3 is 0 Å². The van der Waals surface area contributed by atoms with Crippen LogP contribution in [0.25, 0.3) is 0 Å². The van der Waals surface area contributed by atoms with Crippen molar-refractivity contribution in [3.05, 3.63) is 36.6 Å². The fraction of sp³-hybridized carbons (Fsp3) is 0.400. The van der Waals surface area contributed by atoms with Crippen LogP contribution in [0.2, 0.25) is 0 Å². The lowest BCUT2D eigenvalue weighted by Crippen LogP contribution is -2.12. The first kappa shape index (κ1) is 11.0. The minimum Gasteiger partial charge on any atom is -0.497 e. The normalized spacial score (nSPS) is 11.7. The van der Waals surface area contributed by atoms with Gasteiger partial charge in [0.15, 0.2) is 0 Å². The molecule has 0 radical (unpaired) electrons. The van der Waals surface area contributed by atoms with Crippen molar-refractivity contribution >= 4 is 0 Å². The van der Waals surface area contributed by atoms with Crippen LogP contribution >= 0.6 is 0 Å². The molecule has 12 heavy (non-hydrogen) atoms. The Morgan fingerprint density at radius 2 is 1.83 bits per heavy atom. The Labute approximate surface area is 73.2 Å². The molecule has 1 nitrogen and oxygen atoms in total. The summed E-state index contributed by atoms with van der Waals surface area (Å²) >= 11 is 0. The van der Waals surface area contributed by atoms with E-state index < -0.39 is 5.67 Å². The number of ether oxygens (including phenoxy) is 1. The van der Waals surface area contributed by atoms with E-state index in [2.05, 4.69) is 13.2 Å². The molecular weight excluding hydrogens is 155 g/mol. The van der Waals surface area contributed by atoms with Crippen LogP contribution in [0.4, 0.5) is 4.39 Å². The maximum Gasteiger partial charge on any atom is 0.129 e. The molecule has 0 heterocycles. The highest BCUT2D eigenvalue weighted by Crippen LogP contribution is 2.19. The van der Waals surface area contributed by atoms with Gasteiger partial charge in [-0.3, -0.25) is 0 Å². The topological polar surface area (TPSA) is 9.23 Å². The monoisotopic (exact) mass is 170 g/mol. The fourth-order valence-corrected chi connectivity index (χ4v) is 0.460. The number of alkyl halides is 1. The second-order valence-electron chi connectivity index (χ2n) is 3.00. The SMILES string of the molecule is C=C(C=CC(=C)C(C)(C)F)OC. The Morgan fingerprint density at radius 3 is 2.17 bits per heavy atom. The van der Waals surface area contributed by atoms with Gasteiger partial charge in [0.1, 0.15) is 11.4 Å². The van der Waals surface area contributed by atoms with E-state index >= 15 is 0 Å². The van der Waals surface area contributed by atoms with Gasteiger partial charge in [-0.15, -0.1) is 0 Å². The van der Waals surface area contributed by atoms with E-state index in [9.17, 15) is 4.39 Å². The zero-order valence-corrected chi connectivity index (χ0v) is 7.86. The van der Waals surface area contributed by atoms with Crippen molar-refractivity contribution in [2.75, 3.05) is 7.11 Å². The molecule has 0 saturated heterocycles. The Kier molecular flexibility index (Phi) is 3.74. The smallest absolute Gasteiger partial charge is 0.129 e. The van der Waals surface area contributed by atoms with Crippen LogP contribution in [-0.4, -0.2) is 12.8 Å². The summed E-state index contributed by atoms with van der Waals surface area (Å²) in [6, 6.07) is 0. The number of allylic oxidation sites excluding steroid dienone is 3. The summed E-state index contributed by atoms with van der Waals surface area (Å²) in [6.45, 7) is 10.0. The van der Waals surface area contributed by atoms with Crippen LogP contribution in [0.3, 0.4) is 0 Å². The van der Waals surface area contributed by atoms with Gasteiger partial charge in [-0.25, -0.2) is 4.39 Å². The molecular formula is C10H15FO. The molecule has 0 fully saturated rings. The Morgan fingerprint density at radius 1 is 1.33 bits per heavy atom. The molecule has 0 aliphatic rings. The number of methoxy groups -OCH3 is 1. The number of rotatable bonds is 4. The van der Waals surface area contributed by atoms with Gasteiger partial charge in [-0.1, -0.05) is 19.2 Å². The van der Waals surface area contributed by atoms with Crippen molar-refractivity contribution in [3.63, 3.8) is 0 Å². The summed E-state index contributed by atoms with van der Waals surface area (Å²) in [6.07, 6.45) is 3.15. The first-order valence-electron chi connectivity index (χ1n) is 3.67. The standard InChI is InChI=1S/C10H15FO/c1-8(10(3,4)11)6-7-9(2)12-5/h6-7H,1-2H2,3-5H3. The third-order valence-electron chi connectivity index (χ3n) is 1.50. The molecule has 0 saturated carbocycles.